The molecule has 8 N–H and O–H groups in total. The second-order valence-electron chi connectivity index (χ2n) is 9.03. The average Bonchev–Trinajstić information content (AvgIpc) is 3.32. The monoisotopic (exact) mass is 537 g/mol. The van der Waals surface area contributed by atoms with Gasteiger partial charge in [0.2, 0.25) is 17.7 Å². The second kappa shape index (κ2) is 13.7. The van der Waals surface area contributed by atoms with Gasteiger partial charge in [0, 0.05) is 29.9 Å². The molecule has 0 aliphatic rings. The Labute approximate surface area is 224 Å². The summed E-state index contributed by atoms with van der Waals surface area (Å²) in [7, 11) is 0. The number of fused-ring (bicyclic) bond motifs is 1. The summed E-state index contributed by atoms with van der Waals surface area (Å²) >= 11 is 0. The first-order chi connectivity index (χ1) is 18.6. The first-order valence-electron chi connectivity index (χ1n) is 12.3. The third kappa shape index (κ3) is 8.68. The van der Waals surface area contributed by atoms with E-state index in [9.17, 15) is 24.0 Å². The number of nitrogens with two attached hydrogens (primary N) is 1. The number of carbonyl (C=O) groups excluding carboxylic acids is 3. The molecule has 1 heterocycles. The number of aromatic amines is 1. The van der Waals surface area contributed by atoms with Gasteiger partial charge in [-0.1, -0.05) is 48.5 Å². The number of carboxylic acids is 2. The summed E-state index contributed by atoms with van der Waals surface area (Å²) in [5.41, 5.74) is 8.51. The summed E-state index contributed by atoms with van der Waals surface area (Å²) in [4.78, 5) is 64.0. The van der Waals surface area contributed by atoms with Crippen LogP contribution in [0.5, 0.6) is 0 Å². The van der Waals surface area contributed by atoms with Crippen molar-refractivity contribution in [1.82, 2.24) is 20.9 Å². The molecular formula is C27H31N5O7. The molecule has 3 aromatic rings. The number of carboxylic acid groups (broad SMARTS) is 2. The predicted octanol–water partition coefficient (Wildman–Crippen LogP) is 0.316. The highest BCUT2D eigenvalue weighted by Crippen LogP contribution is 2.19. The van der Waals surface area contributed by atoms with Crippen molar-refractivity contribution >= 4 is 40.6 Å². The maximum Gasteiger partial charge on any atom is 0.322 e. The minimum Gasteiger partial charge on any atom is -0.481 e. The first-order valence-corrected chi connectivity index (χ1v) is 12.3. The Balaban J connectivity index is 1.81. The number of carbonyl (C=O) groups is 5. The van der Waals surface area contributed by atoms with Gasteiger partial charge in [-0.3, -0.25) is 24.0 Å². The zero-order chi connectivity index (χ0) is 28.4. The molecule has 2 aromatic carbocycles. The molecule has 3 atom stereocenters. The Bertz CT molecular complexity index is 1320. The summed E-state index contributed by atoms with van der Waals surface area (Å²) in [5.74, 6) is -4.69. The molecule has 0 fully saturated rings. The van der Waals surface area contributed by atoms with Crippen LogP contribution >= 0.6 is 0 Å². The van der Waals surface area contributed by atoms with Crippen LogP contribution in [0.3, 0.4) is 0 Å². The minimum atomic E-state index is -1.34. The molecule has 3 rings (SSSR count). The summed E-state index contributed by atoms with van der Waals surface area (Å²) in [5, 5.41) is 26.1. The van der Waals surface area contributed by atoms with Crippen LogP contribution in [0, 0.1) is 0 Å². The molecule has 0 aliphatic carbocycles. The van der Waals surface area contributed by atoms with Crippen LogP contribution < -0.4 is 21.7 Å². The minimum absolute atomic E-state index is 0.0437. The van der Waals surface area contributed by atoms with Gasteiger partial charge in [-0.15, -0.1) is 0 Å². The van der Waals surface area contributed by atoms with E-state index in [-0.39, 0.29) is 19.3 Å². The van der Waals surface area contributed by atoms with Crippen molar-refractivity contribution < 1.29 is 34.2 Å². The van der Waals surface area contributed by atoms with Crippen molar-refractivity contribution in [3.63, 3.8) is 0 Å². The van der Waals surface area contributed by atoms with E-state index in [0.717, 1.165) is 22.0 Å². The lowest BCUT2D eigenvalue weighted by Gasteiger charge is -2.24. The van der Waals surface area contributed by atoms with Crippen molar-refractivity contribution in [3.8, 4) is 0 Å². The van der Waals surface area contributed by atoms with Crippen LogP contribution in [-0.2, 0) is 36.8 Å². The Hall–Kier alpha value is -4.71. The lowest BCUT2D eigenvalue weighted by atomic mass is 10.0. The quantitative estimate of drug-likeness (QED) is 0.152. The molecule has 0 bridgehead atoms. The number of aromatic nitrogens is 1. The largest absolute Gasteiger partial charge is 0.481 e. The van der Waals surface area contributed by atoms with Crippen LogP contribution in [0.2, 0.25) is 0 Å². The van der Waals surface area contributed by atoms with Crippen molar-refractivity contribution in [2.24, 2.45) is 5.73 Å². The van der Waals surface area contributed by atoms with Gasteiger partial charge in [-0.25, -0.2) is 0 Å². The molecule has 1 aromatic heterocycles. The number of H-pyrrole nitrogens is 1. The predicted molar refractivity (Wildman–Crippen MR) is 142 cm³/mol. The van der Waals surface area contributed by atoms with Crippen LogP contribution in [0.4, 0.5) is 0 Å². The molecule has 0 spiro atoms. The summed E-state index contributed by atoms with van der Waals surface area (Å²) in [6, 6.07) is 13.0. The second-order valence-corrected chi connectivity index (χ2v) is 9.03. The summed E-state index contributed by atoms with van der Waals surface area (Å²) in [6.45, 7) is -0.706. The third-order valence-corrected chi connectivity index (χ3v) is 6.06. The van der Waals surface area contributed by atoms with Crippen LogP contribution in [-0.4, -0.2) is 69.5 Å². The van der Waals surface area contributed by atoms with Gasteiger partial charge in [0.1, 0.15) is 18.6 Å². The highest BCUT2D eigenvalue weighted by atomic mass is 16.4. The molecule has 0 saturated heterocycles. The molecule has 206 valence electrons. The lowest BCUT2D eigenvalue weighted by molar-refractivity contribution is -0.140. The number of hydrogen-bond donors (Lipinski definition) is 7. The van der Waals surface area contributed by atoms with E-state index in [2.05, 4.69) is 20.9 Å². The van der Waals surface area contributed by atoms with Crippen molar-refractivity contribution in [2.45, 2.75) is 43.8 Å². The fourth-order valence-electron chi connectivity index (χ4n) is 4.06. The van der Waals surface area contributed by atoms with Crippen LogP contribution in [0.15, 0.2) is 60.8 Å². The number of hydrogen-bond acceptors (Lipinski definition) is 6. The third-order valence-electron chi connectivity index (χ3n) is 6.06. The van der Waals surface area contributed by atoms with Gasteiger partial charge in [0.25, 0.3) is 0 Å². The fraction of sp³-hybridized carbons (Fsp3) is 0.296. The number of benzene rings is 2. The van der Waals surface area contributed by atoms with Gasteiger partial charge in [-0.2, -0.15) is 0 Å². The van der Waals surface area contributed by atoms with Crippen LogP contribution in [0.1, 0.15) is 24.0 Å². The highest BCUT2D eigenvalue weighted by Gasteiger charge is 2.29. The number of amides is 3. The highest BCUT2D eigenvalue weighted by molar-refractivity contribution is 5.94. The molecule has 3 unspecified atom stereocenters. The zero-order valence-corrected chi connectivity index (χ0v) is 21.1. The Morgan fingerprint density at radius 1 is 0.795 bits per heavy atom. The maximum atomic E-state index is 13.4. The Morgan fingerprint density at radius 3 is 2.15 bits per heavy atom. The van der Waals surface area contributed by atoms with E-state index in [1.54, 1.807) is 6.20 Å². The normalized spacial score (nSPS) is 13.2. The van der Waals surface area contributed by atoms with Gasteiger partial charge >= 0.3 is 11.9 Å². The smallest absolute Gasteiger partial charge is 0.322 e. The molecule has 3 amide bonds. The molecule has 0 saturated carbocycles. The average molecular weight is 538 g/mol. The van der Waals surface area contributed by atoms with E-state index < -0.39 is 60.8 Å². The molecule has 39 heavy (non-hydrogen) atoms. The van der Waals surface area contributed by atoms with E-state index in [1.807, 2.05) is 54.6 Å². The van der Waals surface area contributed by atoms with E-state index in [0.29, 0.717) is 0 Å². The SMILES string of the molecule is NC(Cc1ccccc1)C(=O)NC(Cc1c[nH]c2ccccc12)C(=O)NC(CCC(=O)O)C(=O)NCC(=O)O. The molecule has 0 radical (unpaired) electrons. The molecule has 12 heteroatoms. The fourth-order valence-corrected chi connectivity index (χ4v) is 4.06. The number of aliphatic carboxylic acids is 2. The first kappa shape index (κ1) is 28.9. The van der Waals surface area contributed by atoms with Gasteiger partial charge < -0.3 is 36.9 Å². The number of para-hydroxylation sites is 1. The molecular weight excluding hydrogens is 506 g/mol. The van der Waals surface area contributed by atoms with Gasteiger partial charge in [0.15, 0.2) is 0 Å². The van der Waals surface area contributed by atoms with Crippen molar-refractivity contribution in [1.29, 1.82) is 0 Å². The van der Waals surface area contributed by atoms with E-state index in [1.165, 1.54) is 0 Å². The standard InChI is InChI=1S/C27H31N5O7/c28-19(12-16-6-2-1-3-7-16)25(37)32-22(13-17-14-29-20-9-5-4-8-18(17)20)27(39)31-21(10-11-23(33)34)26(38)30-15-24(35)36/h1-9,14,19,21-22,29H,10-13,15,28H2,(H,30,38)(H,31,39)(H,32,37)(H,33,34)(H,35,36). The molecule has 12 nitrogen and oxygen atoms in total. The van der Waals surface area contributed by atoms with E-state index in [4.69, 9.17) is 15.9 Å². The van der Waals surface area contributed by atoms with Crippen molar-refractivity contribution in [2.75, 3.05) is 6.54 Å². The Kier molecular flexibility index (Phi) is 10.2. The Morgan fingerprint density at radius 2 is 1.46 bits per heavy atom. The maximum absolute atomic E-state index is 13.4. The topological polar surface area (TPSA) is 204 Å². The number of rotatable bonds is 14. The van der Waals surface area contributed by atoms with E-state index >= 15 is 0 Å². The van der Waals surface area contributed by atoms with Crippen LogP contribution in [0.25, 0.3) is 10.9 Å². The van der Waals surface area contributed by atoms with Crippen molar-refractivity contribution in [3.05, 3.63) is 71.9 Å². The summed E-state index contributed by atoms with van der Waals surface area (Å²) in [6.07, 6.45) is 1.25. The van der Waals surface area contributed by atoms with Gasteiger partial charge in [0.05, 0.1) is 6.04 Å². The summed E-state index contributed by atoms with van der Waals surface area (Å²) < 4.78 is 0. The molecule has 0 aliphatic heterocycles. The van der Waals surface area contributed by atoms with Gasteiger partial charge in [-0.05, 0) is 30.0 Å². The zero-order valence-electron chi connectivity index (χ0n) is 21.1. The lowest BCUT2D eigenvalue weighted by Crippen LogP contribution is -2.57. The number of nitrogens with one attached hydrogen (secondary N) is 4.